The average Bonchev–Trinajstić information content (AvgIpc) is 3.22. The Kier molecular flexibility index (Phi) is 6.52. The van der Waals surface area contributed by atoms with Gasteiger partial charge >= 0.3 is 0 Å². The number of fused-ring (bicyclic) bond motifs is 1. The van der Waals surface area contributed by atoms with Gasteiger partial charge in [-0.05, 0) is 52.4 Å². The Labute approximate surface area is 198 Å². The first-order chi connectivity index (χ1) is 16.2. The van der Waals surface area contributed by atoms with Crippen LogP contribution in [0.15, 0.2) is 23.1 Å². The van der Waals surface area contributed by atoms with Crippen LogP contribution in [0.25, 0.3) is 11.0 Å². The second-order valence-electron chi connectivity index (χ2n) is 9.20. The number of H-pyrrole nitrogens is 1. The number of nitrogens with zero attached hydrogens (tertiary/aromatic N) is 5. The number of aromatic amines is 1. The van der Waals surface area contributed by atoms with Crippen LogP contribution in [0.2, 0.25) is 0 Å². The van der Waals surface area contributed by atoms with Gasteiger partial charge in [0, 0.05) is 50.0 Å². The van der Waals surface area contributed by atoms with Gasteiger partial charge in [-0.1, -0.05) is 0 Å². The van der Waals surface area contributed by atoms with Crippen molar-refractivity contribution in [2.75, 3.05) is 33.2 Å². The third-order valence-electron chi connectivity index (χ3n) is 6.23. The summed E-state index contributed by atoms with van der Waals surface area (Å²) in [6.45, 7) is 10.5. The monoisotopic (exact) mass is 465 g/mol. The Hall–Kier alpha value is -3.53. The fraction of sp³-hybridized carbons (Fsp3) is 0.458. The molecule has 0 unspecified atom stereocenters. The van der Waals surface area contributed by atoms with Crippen LogP contribution in [0.3, 0.4) is 0 Å². The fourth-order valence-corrected chi connectivity index (χ4v) is 4.23. The van der Waals surface area contributed by atoms with Crippen LogP contribution in [0.5, 0.6) is 0 Å². The molecular formula is C24H31N7O3. The highest BCUT2D eigenvalue weighted by atomic mass is 16.2. The SMILES string of the molecule is Cc1cc(C)c(CNC(=O)c2cc(C(=O)N3CCN(C)CC3)nc3c2cnn3C(C)C)c(=O)[nH]1. The molecule has 34 heavy (non-hydrogen) atoms. The highest BCUT2D eigenvalue weighted by Crippen LogP contribution is 2.22. The third-order valence-corrected chi connectivity index (χ3v) is 6.23. The molecule has 0 aliphatic carbocycles. The molecule has 0 atom stereocenters. The molecule has 0 bridgehead atoms. The standard InChI is InChI=1S/C24H31N7O3/c1-14(2)31-21-19(13-26-31)17(11-20(28-21)24(34)30-8-6-29(5)7-9-30)22(32)25-12-18-15(3)10-16(4)27-23(18)33/h10-11,13-14H,6-9,12H2,1-5H3,(H,25,32)(H,27,33). The number of aromatic nitrogens is 4. The van der Waals surface area contributed by atoms with Gasteiger partial charge in [0.2, 0.25) is 0 Å². The quantitative estimate of drug-likeness (QED) is 0.592. The highest BCUT2D eigenvalue weighted by molar-refractivity contribution is 6.08. The lowest BCUT2D eigenvalue weighted by Gasteiger charge is -2.32. The minimum atomic E-state index is -0.387. The van der Waals surface area contributed by atoms with E-state index in [2.05, 4.69) is 25.3 Å². The minimum absolute atomic E-state index is 0.00339. The minimum Gasteiger partial charge on any atom is -0.348 e. The summed E-state index contributed by atoms with van der Waals surface area (Å²) in [5.74, 6) is -0.589. The molecule has 4 heterocycles. The first kappa shape index (κ1) is 23.6. The van der Waals surface area contributed by atoms with Crippen LogP contribution < -0.4 is 10.9 Å². The number of nitrogens with one attached hydrogen (secondary N) is 2. The third kappa shape index (κ3) is 4.58. The number of rotatable bonds is 5. The van der Waals surface area contributed by atoms with Gasteiger partial charge in [-0.3, -0.25) is 14.4 Å². The average molecular weight is 466 g/mol. The molecule has 1 saturated heterocycles. The Morgan fingerprint density at radius 3 is 2.50 bits per heavy atom. The molecule has 3 aromatic heterocycles. The lowest BCUT2D eigenvalue weighted by atomic mass is 10.1. The normalized spacial score (nSPS) is 14.7. The molecule has 1 fully saturated rings. The molecule has 0 aromatic carbocycles. The molecule has 2 N–H and O–H groups in total. The summed E-state index contributed by atoms with van der Waals surface area (Å²) in [5, 5.41) is 7.81. The molecule has 4 rings (SSSR count). The van der Waals surface area contributed by atoms with E-state index in [0.717, 1.165) is 24.3 Å². The lowest BCUT2D eigenvalue weighted by molar-refractivity contribution is 0.0658. The number of hydrogen-bond acceptors (Lipinski definition) is 6. The van der Waals surface area contributed by atoms with E-state index in [4.69, 9.17) is 0 Å². The van der Waals surface area contributed by atoms with E-state index in [0.29, 0.717) is 35.2 Å². The van der Waals surface area contributed by atoms with E-state index in [-0.39, 0.29) is 35.7 Å². The van der Waals surface area contributed by atoms with Gasteiger partial charge in [-0.25, -0.2) is 9.67 Å². The number of hydrogen-bond donors (Lipinski definition) is 2. The predicted molar refractivity (Wildman–Crippen MR) is 129 cm³/mol. The zero-order valence-electron chi connectivity index (χ0n) is 20.3. The van der Waals surface area contributed by atoms with E-state index >= 15 is 0 Å². The first-order valence-corrected chi connectivity index (χ1v) is 11.5. The molecule has 10 heteroatoms. The van der Waals surface area contributed by atoms with Gasteiger partial charge in [0.05, 0.1) is 17.1 Å². The van der Waals surface area contributed by atoms with E-state index in [1.807, 2.05) is 40.8 Å². The molecule has 10 nitrogen and oxygen atoms in total. The maximum absolute atomic E-state index is 13.3. The number of carbonyl (C=O) groups is 2. The Morgan fingerprint density at radius 1 is 1.15 bits per heavy atom. The van der Waals surface area contributed by atoms with Crippen LogP contribution in [0, 0.1) is 13.8 Å². The molecule has 180 valence electrons. The molecule has 1 aliphatic rings. The van der Waals surface area contributed by atoms with Gasteiger partial charge in [-0.15, -0.1) is 0 Å². The summed E-state index contributed by atoms with van der Waals surface area (Å²) < 4.78 is 1.71. The molecule has 0 radical (unpaired) electrons. The van der Waals surface area contributed by atoms with Crippen molar-refractivity contribution in [3.8, 4) is 0 Å². The number of carbonyl (C=O) groups excluding carboxylic acids is 2. The second-order valence-corrected chi connectivity index (χ2v) is 9.20. The van der Waals surface area contributed by atoms with Gasteiger partial charge in [-0.2, -0.15) is 5.10 Å². The van der Waals surface area contributed by atoms with Crippen molar-refractivity contribution in [3.05, 3.63) is 56.8 Å². The largest absolute Gasteiger partial charge is 0.348 e. The van der Waals surface area contributed by atoms with Crippen molar-refractivity contribution < 1.29 is 9.59 Å². The maximum Gasteiger partial charge on any atom is 0.272 e. The summed E-state index contributed by atoms with van der Waals surface area (Å²) >= 11 is 0. The van der Waals surface area contributed by atoms with Crippen LogP contribution in [0.4, 0.5) is 0 Å². The Bertz CT molecular complexity index is 1300. The second kappa shape index (κ2) is 9.38. The molecule has 0 spiro atoms. The van der Waals surface area contributed by atoms with Gasteiger partial charge < -0.3 is 20.1 Å². The van der Waals surface area contributed by atoms with E-state index in [1.165, 1.54) is 6.07 Å². The fourth-order valence-electron chi connectivity index (χ4n) is 4.23. The number of pyridine rings is 2. The van der Waals surface area contributed by atoms with Gasteiger partial charge in [0.25, 0.3) is 17.4 Å². The van der Waals surface area contributed by atoms with Gasteiger partial charge in [0.1, 0.15) is 5.69 Å². The predicted octanol–water partition coefficient (Wildman–Crippen LogP) is 1.63. The highest BCUT2D eigenvalue weighted by Gasteiger charge is 2.25. The van der Waals surface area contributed by atoms with E-state index < -0.39 is 0 Å². The van der Waals surface area contributed by atoms with Crippen molar-refractivity contribution in [1.29, 1.82) is 0 Å². The molecule has 2 amide bonds. The number of likely N-dealkylation sites (N-methyl/N-ethyl adjacent to an activating group) is 1. The van der Waals surface area contributed by atoms with Crippen molar-refractivity contribution in [2.45, 2.75) is 40.3 Å². The van der Waals surface area contributed by atoms with E-state index in [1.54, 1.807) is 15.8 Å². The summed E-state index contributed by atoms with van der Waals surface area (Å²) in [6.07, 6.45) is 1.60. The molecular weight excluding hydrogens is 434 g/mol. The molecule has 0 saturated carbocycles. The zero-order valence-corrected chi connectivity index (χ0v) is 20.3. The summed E-state index contributed by atoms with van der Waals surface area (Å²) in [4.78, 5) is 50.2. The number of piperazine rings is 1. The smallest absolute Gasteiger partial charge is 0.272 e. The Balaban J connectivity index is 1.69. The van der Waals surface area contributed by atoms with E-state index in [9.17, 15) is 14.4 Å². The van der Waals surface area contributed by atoms with Crippen molar-refractivity contribution in [1.82, 2.24) is 34.9 Å². The summed E-state index contributed by atoms with van der Waals surface area (Å²) in [6, 6.07) is 3.41. The van der Waals surface area contributed by atoms with Crippen molar-refractivity contribution in [3.63, 3.8) is 0 Å². The van der Waals surface area contributed by atoms with Crippen molar-refractivity contribution in [2.24, 2.45) is 0 Å². The van der Waals surface area contributed by atoms with Crippen LogP contribution in [0.1, 0.15) is 57.6 Å². The van der Waals surface area contributed by atoms with Crippen LogP contribution in [-0.4, -0.2) is 74.6 Å². The van der Waals surface area contributed by atoms with Crippen molar-refractivity contribution >= 4 is 22.8 Å². The zero-order chi connectivity index (χ0) is 24.6. The summed E-state index contributed by atoms with van der Waals surface area (Å²) in [7, 11) is 2.02. The van der Waals surface area contributed by atoms with Crippen LogP contribution >= 0.6 is 0 Å². The first-order valence-electron chi connectivity index (χ1n) is 11.5. The maximum atomic E-state index is 13.3. The van der Waals surface area contributed by atoms with Crippen LogP contribution in [-0.2, 0) is 6.54 Å². The number of amides is 2. The lowest BCUT2D eigenvalue weighted by Crippen LogP contribution is -2.47. The molecule has 1 aliphatic heterocycles. The Morgan fingerprint density at radius 2 is 1.85 bits per heavy atom. The van der Waals surface area contributed by atoms with Gasteiger partial charge in [0.15, 0.2) is 5.65 Å². The topological polar surface area (TPSA) is 116 Å². The number of aryl methyl sites for hydroxylation is 2. The summed E-state index contributed by atoms with van der Waals surface area (Å²) in [5.41, 5.74) is 2.86. The molecule has 3 aromatic rings.